The van der Waals surface area contributed by atoms with Gasteiger partial charge in [-0.3, -0.25) is 4.79 Å². The zero-order chi connectivity index (χ0) is 15.9. The summed E-state index contributed by atoms with van der Waals surface area (Å²) < 4.78 is 0. The van der Waals surface area contributed by atoms with Crippen LogP contribution in [-0.2, 0) is 11.2 Å². The first-order valence-corrected chi connectivity index (χ1v) is 7.94. The molecule has 116 valence electrons. The molecule has 0 spiro atoms. The highest BCUT2D eigenvalue weighted by molar-refractivity contribution is 5.79. The van der Waals surface area contributed by atoms with Crippen molar-refractivity contribution in [3.8, 4) is 0 Å². The van der Waals surface area contributed by atoms with Gasteiger partial charge in [0.15, 0.2) is 0 Å². The number of nitrogens with one attached hydrogen (secondary N) is 1. The van der Waals surface area contributed by atoms with Crippen LogP contribution in [0.1, 0.15) is 43.0 Å². The predicted octanol–water partition coefficient (Wildman–Crippen LogP) is 4.44. The Balaban J connectivity index is 2.03. The Hall–Kier alpha value is -2.09. The molecule has 0 unspecified atom stereocenters. The van der Waals surface area contributed by atoms with Crippen LogP contribution >= 0.6 is 0 Å². The summed E-state index contributed by atoms with van der Waals surface area (Å²) in [5.41, 5.74) is 3.44. The van der Waals surface area contributed by atoms with E-state index in [4.69, 9.17) is 0 Å². The van der Waals surface area contributed by atoms with Gasteiger partial charge in [0.05, 0.1) is 12.5 Å². The van der Waals surface area contributed by atoms with Gasteiger partial charge in [-0.15, -0.1) is 0 Å². The summed E-state index contributed by atoms with van der Waals surface area (Å²) in [6, 6.07) is 18.4. The lowest BCUT2D eigenvalue weighted by Crippen LogP contribution is -2.30. The Morgan fingerprint density at radius 2 is 1.64 bits per heavy atom. The number of carbonyl (C=O) groups excluding carboxylic acids is 1. The van der Waals surface area contributed by atoms with Gasteiger partial charge in [0.25, 0.3) is 0 Å². The SMILES string of the molecule is Cc1ccc(CC(=O)N[C@H](CC(C)C)c2ccccc2)cc1. The van der Waals surface area contributed by atoms with Gasteiger partial charge in [0.2, 0.25) is 5.91 Å². The van der Waals surface area contributed by atoms with Crippen LogP contribution in [0.3, 0.4) is 0 Å². The highest BCUT2D eigenvalue weighted by Crippen LogP contribution is 2.21. The molecule has 0 fully saturated rings. The lowest BCUT2D eigenvalue weighted by atomic mass is 9.96. The molecule has 2 aromatic carbocycles. The molecule has 1 atom stereocenters. The third-order valence-corrected chi connectivity index (χ3v) is 3.73. The standard InChI is InChI=1S/C20H25NO/c1-15(2)13-19(18-7-5-4-6-8-18)21-20(22)14-17-11-9-16(3)10-12-17/h4-12,15,19H,13-14H2,1-3H3,(H,21,22)/t19-/m1/s1. The number of rotatable bonds is 6. The highest BCUT2D eigenvalue weighted by atomic mass is 16.1. The number of hydrogen-bond donors (Lipinski definition) is 1. The van der Waals surface area contributed by atoms with E-state index in [0.717, 1.165) is 12.0 Å². The maximum atomic E-state index is 12.4. The van der Waals surface area contributed by atoms with E-state index in [1.165, 1.54) is 11.1 Å². The van der Waals surface area contributed by atoms with Crippen LogP contribution in [0.4, 0.5) is 0 Å². The number of amides is 1. The quantitative estimate of drug-likeness (QED) is 0.838. The average Bonchev–Trinajstić information content (AvgIpc) is 2.49. The zero-order valence-corrected chi connectivity index (χ0v) is 13.7. The van der Waals surface area contributed by atoms with Gasteiger partial charge in [-0.05, 0) is 30.4 Å². The lowest BCUT2D eigenvalue weighted by Gasteiger charge is -2.21. The van der Waals surface area contributed by atoms with Crippen molar-refractivity contribution < 1.29 is 4.79 Å². The first kappa shape index (κ1) is 16.3. The van der Waals surface area contributed by atoms with Crippen molar-refractivity contribution in [1.29, 1.82) is 0 Å². The smallest absolute Gasteiger partial charge is 0.224 e. The van der Waals surface area contributed by atoms with E-state index >= 15 is 0 Å². The summed E-state index contributed by atoms with van der Waals surface area (Å²) >= 11 is 0. The molecule has 0 saturated heterocycles. The van der Waals surface area contributed by atoms with Crippen LogP contribution in [0.2, 0.25) is 0 Å². The average molecular weight is 295 g/mol. The second-order valence-corrected chi connectivity index (χ2v) is 6.32. The summed E-state index contributed by atoms with van der Waals surface area (Å²) in [5, 5.41) is 3.19. The van der Waals surface area contributed by atoms with E-state index in [9.17, 15) is 4.79 Å². The molecule has 2 nitrogen and oxygen atoms in total. The van der Waals surface area contributed by atoms with Crippen molar-refractivity contribution in [1.82, 2.24) is 5.32 Å². The summed E-state index contributed by atoms with van der Waals surface area (Å²) in [4.78, 5) is 12.4. The molecule has 0 bridgehead atoms. The van der Waals surface area contributed by atoms with Gasteiger partial charge in [0, 0.05) is 0 Å². The van der Waals surface area contributed by atoms with E-state index in [1.807, 2.05) is 42.5 Å². The summed E-state index contributed by atoms with van der Waals surface area (Å²) in [5.74, 6) is 0.614. The summed E-state index contributed by atoms with van der Waals surface area (Å²) in [7, 11) is 0. The molecule has 22 heavy (non-hydrogen) atoms. The molecule has 0 radical (unpaired) electrons. The number of carbonyl (C=O) groups is 1. The number of benzene rings is 2. The van der Waals surface area contributed by atoms with Crippen LogP contribution in [0, 0.1) is 12.8 Å². The minimum atomic E-state index is 0.0818. The van der Waals surface area contributed by atoms with E-state index in [0.29, 0.717) is 12.3 Å². The van der Waals surface area contributed by atoms with Crippen molar-refractivity contribution in [2.75, 3.05) is 0 Å². The van der Waals surface area contributed by atoms with Crippen LogP contribution in [0.5, 0.6) is 0 Å². The number of hydrogen-bond acceptors (Lipinski definition) is 1. The molecule has 1 amide bonds. The van der Waals surface area contributed by atoms with Crippen molar-refractivity contribution in [3.63, 3.8) is 0 Å². The minimum absolute atomic E-state index is 0.0818. The van der Waals surface area contributed by atoms with E-state index in [-0.39, 0.29) is 11.9 Å². The van der Waals surface area contributed by atoms with E-state index < -0.39 is 0 Å². The largest absolute Gasteiger partial charge is 0.349 e. The predicted molar refractivity (Wildman–Crippen MR) is 91.7 cm³/mol. The molecule has 0 heterocycles. The first-order chi connectivity index (χ1) is 10.5. The van der Waals surface area contributed by atoms with Gasteiger partial charge >= 0.3 is 0 Å². The molecule has 2 rings (SSSR count). The molecule has 0 aliphatic rings. The van der Waals surface area contributed by atoms with Gasteiger partial charge < -0.3 is 5.32 Å². The minimum Gasteiger partial charge on any atom is -0.349 e. The van der Waals surface area contributed by atoms with Crippen LogP contribution in [-0.4, -0.2) is 5.91 Å². The van der Waals surface area contributed by atoms with Gasteiger partial charge in [-0.1, -0.05) is 74.0 Å². The van der Waals surface area contributed by atoms with Gasteiger partial charge in [0.1, 0.15) is 0 Å². The van der Waals surface area contributed by atoms with Crippen LogP contribution in [0.15, 0.2) is 54.6 Å². The molecular formula is C20H25NO. The monoisotopic (exact) mass is 295 g/mol. The normalized spacial score (nSPS) is 12.2. The van der Waals surface area contributed by atoms with Gasteiger partial charge in [-0.25, -0.2) is 0 Å². The fraction of sp³-hybridized carbons (Fsp3) is 0.350. The third-order valence-electron chi connectivity index (χ3n) is 3.73. The zero-order valence-electron chi connectivity index (χ0n) is 13.7. The van der Waals surface area contributed by atoms with E-state index in [2.05, 4.69) is 38.2 Å². The van der Waals surface area contributed by atoms with Gasteiger partial charge in [-0.2, -0.15) is 0 Å². The maximum Gasteiger partial charge on any atom is 0.224 e. The Morgan fingerprint density at radius 3 is 2.23 bits per heavy atom. The molecule has 0 aliphatic heterocycles. The lowest BCUT2D eigenvalue weighted by molar-refractivity contribution is -0.121. The van der Waals surface area contributed by atoms with Crippen molar-refractivity contribution in [3.05, 3.63) is 71.3 Å². The molecule has 0 aromatic heterocycles. The molecule has 2 aromatic rings. The molecule has 0 aliphatic carbocycles. The Kier molecular flexibility index (Phi) is 5.76. The summed E-state index contributed by atoms with van der Waals surface area (Å²) in [6.45, 7) is 6.42. The Bertz CT molecular complexity index is 587. The van der Waals surface area contributed by atoms with Crippen molar-refractivity contribution >= 4 is 5.91 Å². The molecular weight excluding hydrogens is 270 g/mol. The summed E-state index contributed by atoms with van der Waals surface area (Å²) in [6.07, 6.45) is 1.38. The van der Waals surface area contributed by atoms with E-state index in [1.54, 1.807) is 0 Å². The van der Waals surface area contributed by atoms with Crippen molar-refractivity contribution in [2.45, 2.75) is 39.7 Å². The van der Waals surface area contributed by atoms with Crippen molar-refractivity contribution in [2.24, 2.45) is 5.92 Å². The topological polar surface area (TPSA) is 29.1 Å². The number of aryl methyl sites for hydroxylation is 1. The molecule has 0 saturated carbocycles. The fourth-order valence-corrected chi connectivity index (χ4v) is 2.57. The maximum absolute atomic E-state index is 12.4. The Labute approximate surface area is 133 Å². The molecule has 1 N–H and O–H groups in total. The fourth-order valence-electron chi connectivity index (χ4n) is 2.57. The molecule has 2 heteroatoms. The third kappa shape index (κ3) is 5.03. The second-order valence-electron chi connectivity index (χ2n) is 6.32. The highest BCUT2D eigenvalue weighted by Gasteiger charge is 2.16. The Morgan fingerprint density at radius 1 is 1.00 bits per heavy atom. The van der Waals surface area contributed by atoms with Crippen LogP contribution in [0.25, 0.3) is 0 Å². The van der Waals surface area contributed by atoms with Crippen LogP contribution < -0.4 is 5.32 Å². The second kappa shape index (κ2) is 7.79. The first-order valence-electron chi connectivity index (χ1n) is 7.94.